The lowest BCUT2D eigenvalue weighted by Crippen LogP contribution is -2.62. The van der Waals surface area contributed by atoms with Crippen LogP contribution < -0.4 is 20.1 Å². The molecule has 4 rings (SSSR count). The fraction of sp³-hybridized carbons (Fsp3) is 0.500. The van der Waals surface area contributed by atoms with Crippen LogP contribution in [0.15, 0.2) is 42.5 Å². The molecule has 9 nitrogen and oxygen atoms in total. The molecule has 0 radical (unpaired) electrons. The monoisotopic (exact) mass is 511 g/mol. The van der Waals surface area contributed by atoms with E-state index < -0.39 is 17.8 Å². The third-order valence-electron chi connectivity index (χ3n) is 6.73. The zero-order chi connectivity index (χ0) is 26.6. The number of hydrogen-bond acceptors (Lipinski definition) is 7. The molecule has 9 heteroatoms. The lowest BCUT2D eigenvalue weighted by Gasteiger charge is -2.47. The van der Waals surface area contributed by atoms with Gasteiger partial charge in [-0.05, 0) is 62.4 Å². The van der Waals surface area contributed by atoms with Gasteiger partial charge in [0.15, 0.2) is 11.5 Å². The number of amides is 2. The fourth-order valence-corrected chi connectivity index (χ4v) is 5.04. The summed E-state index contributed by atoms with van der Waals surface area (Å²) in [6.45, 7) is 7.02. The fourth-order valence-electron chi connectivity index (χ4n) is 5.04. The summed E-state index contributed by atoms with van der Waals surface area (Å²) >= 11 is 0. The largest absolute Gasteiger partial charge is 0.493 e. The van der Waals surface area contributed by atoms with Gasteiger partial charge in [-0.2, -0.15) is 0 Å². The van der Waals surface area contributed by atoms with Gasteiger partial charge in [0, 0.05) is 19.1 Å². The van der Waals surface area contributed by atoms with Gasteiger partial charge < -0.3 is 29.6 Å². The van der Waals surface area contributed by atoms with E-state index in [-0.39, 0.29) is 24.7 Å². The molecule has 0 bridgehead atoms. The maximum atomic E-state index is 12.7. The lowest BCUT2D eigenvalue weighted by atomic mass is 9.83. The number of fused-ring (bicyclic) bond motifs is 3. The molecule has 1 saturated heterocycles. The second kappa shape index (κ2) is 11.3. The molecule has 0 aromatic heterocycles. The van der Waals surface area contributed by atoms with E-state index in [9.17, 15) is 9.59 Å². The highest BCUT2D eigenvalue weighted by Gasteiger charge is 2.41. The Balaban J connectivity index is 1.52. The quantitative estimate of drug-likeness (QED) is 0.600. The summed E-state index contributed by atoms with van der Waals surface area (Å²) in [6.07, 6.45) is 0.401. The van der Waals surface area contributed by atoms with Crippen molar-refractivity contribution in [3.8, 4) is 11.5 Å². The van der Waals surface area contributed by atoms with Crippen LogP contribution in [0.3, 0.4) is 0 Å². The van der Waals surface area contributed by atoms with Crippen molar-refractivity contribution in [3.05, 3.63) is 59.2 Å². The van der Waals surface area contributed by atoms with Crippen LogP contribution >= 0.6 is 0 Å². The number of hydrogen-bond donors (Lipinski definition) is 2. The molecule has 0 spiro atoms. The van der Waals surface area contributed by atoms with Gasteiger partial charge in [0.05, 0.1) is 26.3 Å². The lowest BCUT2D eigenvalue weighted by molar-refractivity contribution is 0.0379. The summed E-state index contributed by atoms with van der Waals surface area (Å²) in [5, 5.41) is 5.99. The average molecular weight is 512 g/mol. The van der Waals surface area contributed by atoms with Crippen LogP contribution in [0.2, 0.25) is 0 Å². The minimum absolute atomic E-state index is 0.0434. The molecule has 0 saturated carbocycles. The summed E-state index contributed by atoms with van der Waals surface area (Å²) in [6, 6.07) is 12.9. The van der Waals surface area contributed by atoms with E-state index in [0.29, 0.717) is 24.5 Å². The van der Waals surface area contributed by atoms with Gasteiger partial charge in [-0.3, -0.25) is 4.90 Å². The standard InChI is InChI=1S/C28H37N3O6/c1-28(2,3)37-27(33)29-21-15-23-20-14-25(35-5)24(34-4)13-19(20)11-12-31(23)16-22(21)30-26(32)36-17-18-9-7-6-8-10-18/h6-10,13-14,21-23H,11-12,15-17H2,1-5H3,(H,29,33)(H,30,32). The molecule has 3 unspecified atom stereocenters. The van der Waals surface area contributed by atoms with Crippen LogP contribution in [-0.4, -0.2) is 62.1 Å². The van der Waals surface area contributed by atoms with Crippen LogP contribution in [0.5, 0.6) is 11.5 Å². The highest BCUT2D eigenvalue weighted by Crippen LogP contribution is 2.42. The first kappa shape index (κ1) is 26.6. The van der Waals surface area contributed by atoms with E-state index in [1.54, 1.807) is 14.2 Å². The average Bonchev–Trinajstić information content (AvgIpc) is 2.86. The van der Waals surface area contributed by atoms with Gasteiger partial charge in [0.2, 0.25) is 0 Å². The van der Waals surface area contributed by atoms with Gasteiger partial charge in [0.25, 0.3) is 0 Å². The Morgan fingerprint density at radius 2 is 1.65 bits per heavy atom. The van der Waals surface area contributed by atoms with Crippen LogP contribution in [0.4, 0.5) is 9.59 Å². The van der Waals surface area contributed by atoms with E-state index in [2.05, 4.69) is 15.5 Å². The minimum atomic E-state index is -0.635. The number of benzene rings is 2. The summed E-state index contributed by atoms with van der Waals surface area (Å²) in [5.41, 5.74) is 2.61. The molecule has 2 aromatic carbocycles. The van der Waals surface area contributed by atoms with Gasteiger partial charge >= 0.3 is 12.2 Å². The van der Waals surface area contributed by atoms with Crippen molar-refractivity contribution in [2.45, 2.75) is 63.9 Å². The molecule has 1 fully saturated rings. The zero-order valence-electron chi connectivity index (χ0n) is 22.2. The number of rotatable bonds is 6. The topological polar surface area (TPSA) is 98.4 Å². The molecule has 200 valence electrons. The Hall–Kier alpha value is -3.46. The number of alkyl carbamates (subject to hydrolysis) is 2. The van der Waals surface area contributed by atoms with Crippen LogP contribution in [-0.2, 0) is 22.5 Å². The van der Waals surface area contributed by atoms with Gasteiger partial charge in [-0.1, -0.05) is 30.3 Å². The Bertz CT molecular complexity index is 1100. The number of nitrogens with one attached hydrogen (secondary N) is 2. The predicted molar refractivity (Wildman–Crippen MR) is 139 cm³/mol. The molecule has 0 aliphatic carbocycles. The maximum Gasteiger partial charge on any atom is 0.407 e. The summed E-state index contributed by atoms with van der Waals surface area (Å²) in [7, 11) is 3.26. The molecule has 2 heterocycles. The Labute approximate surface area is 218 Å². The molecule has 2 amide bonds. The maximum absolute atomic E-state index is 12.7. The molecule has 2 aliphatic heterocycles. The third-order valence-corrected chi connectivity index (χ3v) is 6.73. The smallest absolute Gasteiger partial charge is 0.407 e. The van der Waals surface area contributed by atoms with Crippen molar-refractivity contribution < 1.29 is 28.5 Å². The molecule has 37 heavy (non-hydrogen) atoms. The van der Waals surface area contributed by atoms with Gasteiger partial charge in [-0.15, -0.1) is 0 Å². The Kier molecular flexibility index (Phi) is 8.12. The van der Waals surface area contributed by atoms with Crippen molar-refractivity contribution in [2.24, 2.45) is 0 Å². The van der Waals surface area contributed by atoms with Crippen molar-refractivity contribution in [1.82, 2.24) is 15.5 Å². The van der Waals surface area contributed by atoms with Crippen LogP contribution in [0.25, 0.3) is 0 Å². The number of ether oxygens (including phenoxy) is 4. The Morgan fingerprint density at radius 3 is 2.32 bits per heavy atom. The molecule has 2 aromatic rings. The van der Waals surface area contributed by atoms with Crippen molar-refractivity contribution >= 4 is 12.2 Å². The number of nitrogens with zero attached hydrogens (tertiary/aromatic N) is 1. The summed E-state index contributed by atoms with van der Waals surface area (Å²) < 4.78 is 22.1. The van der Waals surface area contributed by atoms with Gasteiger partial charge in [0.1, 0.15) is 12.2 Å². The summed E-state index contributed by atoms with van der Waals surface area (Å²) in [5.74, 6) is 1.37. The SMILES string of the molecule is COc1cc2c(cc1OC)C1CC(NC(=O)OC(C)(C)C)C(NC(=O)OCc3ccccc3)CN1CC2. The third kappa shape index (κ3) is 6.65. The highest BCUT2D eigenvalue weighted by molar-refractivity contribution is 5.70. The number of carbonyl (C=O) groups is 2. The normalized spacial score (nSPS) is 21.2. The minimum Gasteiger partial charge on any atom is -0.493 e. The summed E-state index contributed by atoms with van der Waals surface area (Å²) in [4.78, 5) is 27.8. The first-order valence-electron chi connectivity index (χ1n) is 12.6. The molecular formula is C28H37N3O6. The molecule has 2 N–H and O–H groups in total. The first-order valence-corrected chi connectivity index (χ1v) is 12.6. The first-order chi connectivity index (χ1) is 17.7. The van der Waals surface area contributed by atoms with Crippen LogP contribution in [0.1, 0.15) is 49.9 Å². The van der Waals surface area contributed by atoms with E-state index in [1.807, 2.05) is 63.2 Å². The molecule has 3 atom stereocenters. The second-order valence-corrected chi connectivity index (χ2v) is 10.5. The van der Waals surface area contributed by atoms with E-state index in [4.69, 9.17) is 18.9 Å². The molecular weight excluding hydrogens is 474 g/mol. The van der Waals surface area contributed by atoms with E-state index in [0.717, 1.165) is 24.1 Å². The van der Waals surface area contributed by atoms with Crippen molar-refractivity contribution in [2.75, 3.05) is 27.3 Å². The highest BCUT2D eigenvalue weighted by atomic mass is 16.6. The number of methoxy groups -OCH3 is 2. The second-order valence-electron chi connectivity index (χ2n) is 10.5. The zero-order valence-corrected chi connectivity index (χ0v) is 22.2. The van der Waals surface area contributed by atoms with Gasteiger partial charge in [-0.25, -0.2) is 9.59 Å². The Morgan fingerprint density at radius 1 is 0.973 bits per heavy atom. The number of carbonyl (C=O) groups excluding carboxylic acids is 2. The van der Waals surface area contributed by atoms with Crippen LogP contribution in [0, 0.1) is 0 Å². The number of piperidine rings is 1. The van der Waals surface area contributed by atoms with E-state index >= 15 is 0 Å². The molecule has 2 aliphatic rings. The van der Waals surface area contributed by atoms with Crippen molar-refractivity contribution in [1.29, 1.82) is 0 Å². The van der Waals surface area contributed by atoms with Crippen molar-refractivity contribution in [3.63, 3.8) is 0 Å². The predicted octanol–water partition coefficient (Wildman–Crippen LogP) is 4.20. The van der Waals surface area contributed by atoms with E-state index in [1.165, 1.54) is 5.56 Å².